The van der Waals surface area contributed by atoms with Gasteiger partial charge in [-0.05, 0) is 6.07 Å². The summed E-state index contributed by atoms with van der Waals surface area (Å²) in [7, 11) is 5.23. The predicted octanol–water partition coefficient (Wildman–Crippen LogP) is 0.990. The van der Waals surface area contributed by atoms with Gasteiger partial charge in [0.2, 0.25) is 0 Å². The van der Waals surface area contributed by atoms with Gasteiger partial charge >= 0.3 is 6.61 Å². The van der Waals surface area contributed by atoms with Gasteiger partial charge in [0.05, 0.1) is 4.92 Å². The minimum absolute atomic E-state index is 0.394. The average Bonchev–Trinajstić information content (AvgIpc) is 2.07. The summed E-state index contributed by atoms with van der Waals surface area (Å²) in [4.78, 5) is 9.57. The minimum Gasteiger partial charge on any atom is -0.435 e. The van der Waals surface area contributed by atoms with E-state index < -0.39 is 28.4 Å². The molecule has 72 valence electrons. The van der Waals surface area contributed by atoms with Crippen LogP contribution in [0.3, 0.4) is 0 Å². The number of rotatable bonds is 3. The first kappa shape index (κ1) is 10.4. The Morgan fingerprint density at radius 2 is 2.14 bits per heavy atom. The second-order valence-corrected chi connectivity index (χ2v) is 2.32. The molecular weight excluding hydrogens is 195 g/mol. The van der Waals surface area contributed by atoms with Crippen molar-refractivity contribution in [1.29, 1.82) is 0 Å². The maximum absolute atomic E-state index is 11.8. The number of benzene rings is 1. The second-order valence-electron chi connectivity index (χ2n) is 2.32. The van der Waals surface area contributed by atoms with E-state index in [4.69, 9.17) is 7.85 Å². The van der Waals surface area contributed by atoms with Crippen LogP contribution in [0.1, 0.15) is 0 Å². The van der Waals surface area contributed by atoms with Gasteiger partial charge in [-0.1, -0.05) is 6.07 Å². The number of hydrogen-bond acceptors (Lipinski definition) is 3. The molecule has 0 aliphatic rings. The molecule has 0 aromatic heterocycles. The molecule has 0 fully saturated rings. The lowest BCUT2D eigenvalue weighted by molar-refractivity contribution is -0.383. The number of alkyl halides is 2. The summed E-state index contributed by atoms with van der Waals surface area (Å²) in [6, 6.07) is 3.45. The highest BCUT2D eigenvalue weighted by molar-refractivity contribution is 6.37. The monoisotopic (exact) mass is 199 g/mol. The first-order valence-electron chi connectivity index (χ1n) is 3.50. The molecule has 1 aromatic carbocycles. The van der Waals surface area contributed by atoms with E-state index in [0.29, 0.717) is 0 Å². The van der Waals surface area contributed by atoms with Crippen LogP contribution in [-0.4, -0.2) is 19.4 Å². The molecule has 0 atom stereocenters. The molecule has 0 saturated carbocycles. The Kier molecular flexibility index (Phi) is 3.01. The molecule has 0 aliphatic carbocycles. The van der Waals surface area contributed by atoms with Gasteiger partial charge in [-0.15, -0.1) is 0 Å². The summed E-state index contributed by atoms with van der Waals surface area (Å²) in [5, 5.41) is 10.3. The van der Waals surface area contributed by atoms with Crippen LogP contribution in [0.25, 0.3) is 0 Å². The molecule has 0 amide bonds. The van der Waals surface area contributed by atoms with E-state index in [1.807, 2.05) is 0 Å². The summed E-state index contributed by atoms with van der Waals surface area (Å²) in [5.41, 5.74) is -0.860. The molecule has 0 N–H and O–H groups in total. The lowest BCUT2D eigenvalue weighted by Gasteiger charge is -2.07. The Balaban J connectivity index is 3.07. The molecule has 0 aliphatic heterocycles. The Bertz CT molecular complexity index is 359. The van der Waals surface area contributed by atoms with E-state index in [2.05, 4.69) is 4.74 Å². The fourth-order valence-corrected chi connectivity index (χ4v) is 0.890. The normalized spacial score (nSPS) is 10.2. The predicted molar refractivity (Wildman–Crippen MR) is 45.1 cm³/mol. The summed E-state index contributed by atoms with van der Waals surface area (Å²) in [6.07, 6.45) is 0. The summed E-state index contributed by atoms with van der Waals surface area (Å²) in [6.45, 7) is -3.06. The Morgan fingerprint density at radius 3 is 2.64 bits per heavy atom. The standard InChI is InChI=1S/C7H4BF2NO3/c8-6-4(11(12)13)2-1-3-5(6)14-7(9)10/h1-3,7H. The molecule has 14 heavy (non-hydrogen) atoms. The number of nitro benzene ring substituents is 1. The molecule has 1 rings (SSSR count). The molecule has 2 radical (unpaired) electrons. The van der Waals surface area contributed by atoms with Gasteiger partial charge in [0.1, 0.15) is 13.6 Å². The first-order chi connectivity index (χ1) is 6.52. The van der Waals surface area contributed by atoms with Crippen molar-refractivity contribution in [3.05, 3.63) is 28.3 Å². The van der Waals surface area contributed by atoms with Crippen LogP contribution in [0.15, 0.2) is 18.2 Å². The van der Waals surface area contributed by atoms with E-state index in [9.17, 15) is 18.9 Å². The van der Waals surface area contributed by atoms with Crippen molar-refractivity contribution in [3.8, 4) is 5.75 Å². The van der Waals surface area contributed by atoms with Crippen LogP contribution in [0.2, 0.25) is 0 Å². The average molecular weight is 199 g/mol. The van der Waals surface area contributed by atoms with Gasteiger partial charge in [0.25, 0.3) is 5.69 Å². The zero-order chi connectivity index (χ0) is 10.7. The van der Waals surface area contributed by atoms with Crippen LogP contribution >= 0.6 is 0 Å². The number of hydrogen-bond donors (Lipinski definition) is 0. The van der Waals surface area contributed by atoms with Gasteiger partial charge in [-0.3, -0.25) is 10.1 Å². The summed E-state index contributed by atoms with van der Waals surface area (Å²) in [5.74, 6) is -0.394. The number of ether oxygens (including phenoxy) is 1. The van der Waals surface area contributed by atoms with E-state index in [1.165, 1.54) is 6.07 Å². The van der Waals surface area contributed by atoms with E-state index in [1.54, 1.807) is 0 Å². The third-order valence-corrected chi connectivity index (χ3v) is 1.46. The van der Waals surface area contributed by atoms with Crippen LogP contribution in [0.4, 0.5) is 14.5 Å². The summed E-state index contributed by atoms with van der Waals surface area (Å²) >= 11 is 0. The van der Waals surface area contributed by atoms with Crippen LogP contribution in [0.5, 0.6) is 5.75 Å². The zero-order valence-corrected chi connectivity index (χ0v) is 6.81. The quantitative estimate of drug-likeness (QED) is 0.414. The van der Waals surface area contributed by atoms with Crippen molar-refractivity contribution in [2.75, 3.05) is 0 Å². The minimum atomic E-state index is -3.06. The Hall–Kier alpha value is -1.66. The SMILES string of the molecule is [B]c1c(OC(F)F)cccc1[N+](=O)[O-]. The van der Waals surface area contributed by atoms with Crippen LogP contribution in [-0.2, 0) is 0 Å². The molecule has 7 heteroatoms. The maximum atomic E-state index is 11.8. The van der Waals surface area contributed by atoms with E-state index in [0.717, 1.165) is 12.1 Å². The van der Waals surface area contributed by atoms with E-state index >= 15 is 0 Å². The first-order valence-corrected chi connectivity index (χ1v) is 3.50. The largest absolute Gasteiger partial charge is 0.435 e. The topological polar surface area (TPSA) is 52.4 Å². The molecule has 0 heterocycles. The third-order valence-electron chi connectivity index (χ3n) is 1.46. The number of nitrogens with zero attached hydrogens (tertiary/aromatic N) is 1. The van der Waals surface area contributed by atoms with Crippen molar-refractivity contribution in [2.24, 2.45) is 0 Å². The number of nitro groups is 1. The fraction of sp³-hybridized carbons (Fsp3) is 0.143. The molecule has 4 nitrogen and oxygen atoms in total. The molecular formula is C7H4BF2NO3. The molecule has 0 unspecified atom stereocenters. The van der Waals surface area contributed by atoms with Gasteiger partial charge in [-0.2, -0.15) is 8.78 Å². The van der Waals surface area contributed by atoms with Gasteiger partial charge in [-0.25, -0.2) is 0 Å². The summed E-state index contributed by atoms with van der Waals surface area (Å²) < 4.78 is 27.5. The fourth-order valence-electron chi connectivity index (χ4n) is 0.890. The van der Waals surface area contributed by atoms with Crippen LogP contribution < -0.4 is 10.2 Å². The molecule has 1 aromatic rings. The lowest BCUT2D eigenvalue weighted by atomic mass is 9.93. The highest BCUT2D eigenvalue weighted by Crippen LogP contribution is 2.16. The van der Waals surface area contributed by atoms with Crippen molar-refractivity contribution >= 4 is 19.0 Å². The maximum Gasteiger partial charge on any atom is 0.387 e. The third kappa shape index (κ3) is 2.18. The smallest absolute Gasteiger partial charge is 0.387 e. The molecule has 0 bridgehead atoms. The molecule has 0 saturated heterocycles. The lowest BCUT2D eigenvalue weighted by Crippen LogP contribution is -2.16. The Morgan fingerprint density at radius 1 is 1.50 bits per heavy atom. The van der Waals surface area contributed by atoms with Crippen molar-refractivity contribution in [3.63, 3.8) is 0 Å². The van der Waals surface area contributed by atoms with E-state index in [-0.39, 0.29) is 0 Å². The van der Waals surface area contributed by atoms with Crippen molar-refractivity contribution < 1.29 is 18.4 Å². The second kappa shape index (κ2) is 4.04. The molecule has 0 spiro atoms. The van der Waals surface area contributed by atoms with Gasteiger partial charge < -0.3 is 4.74 Å². The highest BCUT2D eigenvalue weighted by Gasteiger charge is 2.15. The van der Waals surface area contributed by atoms with Gasteiger partial charge in [0.15, 0.2) is 0 Å². The van der Waals surface area contributed by atoms with Crippen LogP contribution in [0, 0.1) is 10.1 Å². The highest BCUT2D eigenvalue weighted by atomic mass is 19.3. The zero-order valence-electron chi connectivity index (χ0n) is 6.81. The van der Waals surface area contributed by atoms with Crippen molar-refractivity contribution in [1.82, 2.24) is 0 Å². The van der Waals surface area contributed by atoms with Crippen molar-refractivity contribution in [2.45, 2.75) is 6.61 Å². The number of halogens is 2. The Labute approximate surface area is 79.0 Å². The van der Waals surface area contributed by atoms with Gasteiger partial charge in [0, 0.05) is 11.5 Å².